The van der Waals surface area contributed by atoms with E-state index in [9.17, 15) is 9.59 Å². The lowest BCUT2D eigenvalue weighted by molar-refractivity contribution is -0.120. The average molecular weight is 329 g/mol. The lowest BCUT2D eigenvalue weighted by atomic mass is 10.1. The molecule has 1 aromatic carbocycles. The maximum atomic E-state index is 12.1. The third-order valence-electron chi connectivity index (χ3n) is 3.14. The van der Waals surface area contributed by atoms with Gasteiger partial charge in [0.1, 0.15) is 5.60 Å². The number of anilines is 1. The Hall–Kier alpha value is -2.76. The van der Waals surface area contributed by atoms with Gasteiger partial charge in [-0.1, -0.05) is 18.2 Å². The number of para-hydroxylation sites is 1. The first kappa shape index (κ1) is 17.6. The molecule has 6 heteroatoms. The number of nitrogens with one attached hydrogen (secondary N) is 3. The Labute approximate surface area is 141 Å². The molecule has 0 aliphatic carbocycles. The first-order valence-electron chi connectivity index (χ1n) is 7.80. The van der Waals surface area contributed by atoms with E-state index in [0.29, 0.717) is 12.2 Å². The minimum absolute atomic E-state index is 0.122. The molecular weight excluding hydrogens is 306 g/mol. The number of rotatable bonds is 5. The SMILES string of the molecule is CC(C)(C)OC(=O)Nc1ccccc1CC(=O)NCc1ccc[nH]1. The number of benzene rings is 1. The molecule has 0 spiro atoms. The summed E-state index contributed by atoms with van der Waals surface area (Å²) in [4.78, 5) is 27.0. The first-order chi connectivity index (χ1) is 11.3. The number of H-pyrrole nitrogens is 1. The van der Waals surface area contributed by atoms with E-state index in [-0.39, 0.29) is 12.3 Å². The van der Waals surface area contributed by atoms with Crippen LogP contribution in [0.2, 0.25) is 0 Å². The molecule has 0 saturated heterocycles. The smallest absolute Gasteiger partial charge is 0.412 e. The van der Waals surface area contributed by atoms with E-state index in [2.05, 4.69) is 15.6 Å². The van der Waals surface area contributed by atoms with Gasteiger partial charge in [-0.3, -0.25) is 10.1 Å². The molecule has 0 saturated carbocycles. The van der Waals surface area contributed by atoms with E-state index in [1.54, 1.807) is 39.0 Å². The summed E-state index contributed by atoms with van der Waals surface area (Å²) in [6.07, 6.45) is 1.44. The first-order valence-corrected chi connectivity index (χ1v) is 7.80. The molecule has 2 rings (SSSR count). The van der Waals surface area contributed by atoms with E-state index < -0.39 is 11.7 Å². The van der Waals surface area contributed by atoms with E-state index in [0.717, 1.165) is 11.3 Å². The fraction of sp³-hybridized carbons (Fsp3) is 0.333. The topological polar surface area (TPSA) is 83.2 Å². The second kappa shape index (κ2) is 7.68. The third-order valence-corrected chi connectivity index (χ3v) is 3.14. The molecule has 2 amide bonds. The van der Waals surface area contributed by atoms with Crippen LogP contribution in [0.3, 0.4) is 0 Å². The van der Waals surface area contributed by atoms with Gasteiger partial charge in [0.15, 0.2) is 0 Å². The quantitative estimate of drug-likeness (QED) is 0.787. The number of aromatic amines is 1. The van der Waals surface area contributed by atoms with Crippen molar-refractivity contribution in [2.75, 3.05) is 5.32 Å². The second-order valence-electron chi connectivity index (χ2n) is 6.43. The summed E-state index contributed by atoms with van der Waals surface area (Å²) >= 11 is 0. The molecule has 0 aliphatic rings. The molecule has 0 aliphatic heterocycles. The van der Waals surface area contributed by atoms with Crippen molar-refractivity contribution in [3.8, 4) is 0 Å². The molecule has 0 atom stereocenters. The summed E-state index contributed by atoms with van der Waals surface area (Å²) < 4.78 is 5.24. The molecule has 0 bridgehead atoms. The van der Waals surface area contributed by atoms with Crippen LogP contribution >= 0.6 is 0 Å². The van der Waals surface area contributed by atoms with Crippen molar-refractivity contribution in [3.63, 3.8) is 0 Å². The number of amides is 2. The van der Waals surface area contributed by atoms with Gasteiger partial charge in [-0.2, -0.15) is 0 Å². The zero-order valence-electron chi connectivity index (χ0n) is 14.2. The van der Waals surface area contributed by atoms with E-state index >= 15 is 0 Å². The standard InChI is InChI=1S/C18H23N3O3/c1-18(2,3)24-17(23)21-15-9-5-4-7-13(15)11-16(22)20-12-14-8-6-10-19-14/h4-10,19H,11-12H2,1-3H3,(H,20,22)(H,21,23). The Morgan fingerprint density at radius 3 is 2.54 bits per heavy atom. The average Bonchev–Trinajstić information content (AvgIpc) is 2.98. The molecule has 0 unspecified atom stereocenters. The van der Waals surface area contributed by atoms with Crippen LogP contribution in [0.25, 0.3) is 0 Å². The predicted octanol–water partition coefficient (Wildman–Crippen LogP) is 3.22. The van der Waals surface area contributed by atoms with Crippen LogP contribution in [0.15, 0.2) is 42.6 Å². The summed E-state index contributed by atoms with van der Waals surface area (Å²) in [5.74, 6) is -0.122. The Kier molecular flexibility index (Phi) is 5.63. The summed E-state index contributed by atoms with van der Waals surface area (Å²) in [5.41, 5.74) is 1.66. The van der Waals surface area contributed by atoms with Crippen LogP contribution < -0.4 is 10.6 Å². The van der Waals surface area contributed by atoms with Gasteiger partial charge in [0.2, 0.25) is 5.91 Å². The van der Waals surface area contributed by atoms with Crippen LogP contribution in [0.4, 0.5) is 10.5 Å². The highest BCUT2D eigenvalue weighted by molar-refractivity contribution is 5.88. The van der Waals surface area contributed by atoms with Crippen molar-refractivity contribution < 1.29 is 14.3 Å². The van der Waals surface area contributed by atoms with Gasteiger partial charge in [0, 0.05) is 17.6 Å². The highest BCUT2D eigenvalue weighted by Gasteiger charge is 2.17. The lowest BCUT2D eigenvalue weighted by Crippen LogP contribution is -2.28. The number of carbonyl (C=O) groups excluding carboxylic acids is 2. The van der Waals surface area contributed by atoms with Crippen molar-refractivity contribution in [2.45, 2.75) is 39.3 Å². The predicted molar refractivity (Wildman–Crippen MR) is 92.6 cm³/mol. The zero-order valence-corrected chi connectivity index (χ0v) is 14.2. The number of ether oxygens (including phenoxy) is 1. The van der Waals surface area contributed by atoms with E-state index in [1.807, 2.05) is 24.4 Å². The molecule has 2 aromatic rings. The minimum atomic E-state index is -0.577. The van der Waals surface area contributed by atoms with Gasteiger partial charge >= 0.3 is 6.09 Å². The van der Waals surface area contributed by atoms with E-state index in [4.69, 9.17) is 4.74 Å². The fourth-order valence-electron chi connectivity index (χ4n) is 2.12. The monoisotopic (exact) mass is 329 g/mol. The summed E-state index contributed by atoms with van der Waals surface area (Å²) in [6.45, 7) is 5.83. The molecule has 6 nitrogen and oxygen atoms in total. The minimum Gasteiger partial charge on any atom is -0.444 e. The number of carbonyl (C=O) groups is 2. The van der Waals surface area contributed by atoms with Gasteiger partial charge in [-0.25, -0.2) is 4.79 Å². The number of hydrogen-bond acceptors (Lipinski definition) is 3. The molecule has 1 heterocycles. The number of aromatic nitrogens is 1. The highest BCUT2D eigenvalue weighted by Crippen LogP contribution is 2.17. The van der Waals surface area contributed by atoms with E-state index in [1.165, 1.54) is 0 Å². The van der Waals surface area contributed by atoms with Gasteiger partial charge in [0.25, 0.3) is 0 Å². The Morgan fingerprint density at radius 2 is 1.88 bits per heavy atom. The Balaban J connectivity index is 1.95. The lowest BCUT2D eigenvalue weighted by Gasteiger charge is -2.20. The summed E-state index contributed by atoms with van der Waals surface area (Å²) in [5, 5.41) is 5.53. The van der Waals surface area contributed by atoms with Gasteiger partial charge in [-0.15, -0.1) is 0 Å². The molecular formula is C18H23N3O3. The molecule has 3 N–H and O–H groups in total. The molecule has 0 radical (unpaired) electrons. The van der Waals surface area contributed by atoms with Crippen LogP contribution in [0.1, 0.15) is 32.0 Å². The Bertz CT molecular complexity index is 688. The third kappa shape index (κ3) is 5.79. The normalized spacial score (nSPS) is 11.0. The maximum Gasteiger partial charge on any atom is 0.412 e. The summed E-state index contributed by atoms with van der Waals surface area (Å²) in [6, 6.07) is 11.0. The molecule has 0 fully saturated rings. The second-order valence-corrected chi connectivity index (χ2v) is 6.43. The largest absolute Gasteiger partial charge is 0.444 e. The van der Waals surface area contributed by atoms with Crippen LogP contribution in [-0.4, -0.2) is 22.6 Å². The van der Waals surface area contributed by atoms with Crippen molar-refractivity contribution in [1.29, 1.82) is 0 Å². The zero-order chi connectivity index (χ0) is 17.6. The van der Waals surface area contributed by atoms with Crippen molar-refractivity contribution in [3.05, 3.63) is 53.9 Å². The molecule has 1 aromatic heterocycles. The van der Waals surface area contributed by atoms with Gasteiger partial charge < -0.3 is 15.0 Å². The molecule has 24 heavy (non-hydrogen) atoms. The summed E-state index contributed by atoms with van der Waals surface area (Å²) in [7, 11) is 0. The van der Waals surface area contributed by atoms with Crippen LogP contribution in [0, 0.1) is 0 Å². The van der Waals surface area contributed by atoms with Crippen LogP contribution in [-0.2, 0) is 22.5 Å². The van der Waals surface area contributed by atoms with Crippen LogP contribution in [0.5, 0.6) is 0 Å². The van der Waals surface area contributed by atoms with Crippen molar-refractivity contribution >= 4 is 17.7 Å². The van der Waals surface area contributed by atoms with Gasteiger partial charge in [-0.05, 0) is 44.5 Å². The highest BCUT2D eigenvalue weighted by atomic mass is 16.6. The molecule has 128 valence electrons. The fourth-order valence-corrected chi connectivity index (χ4v) is 2.12. The van der Waals surface area contributed by atoms with Crippen molar-refractivity contribution in [1.82, 2.24) is 10.3 Å². The maximum absolute atomic E-state index is 12.1. The van der Waals surface area contributed by atoms with Crippen molar-refractivity contribution in [2.24, 2.45) is 0 Å². The van der Waals surface area contributed by atoms with Gasteiger partial charge in [0.05, 0.1) is 13.0 Å². The number of hydrogen-bond donors (Lipinski definition) is 3. The Morgan fingerprint density at radius 1 is 1.12 bits per heavy atom.